The second-order valence-corrected chi connectivity index (χ2v) is 4.15. The summed E-state index contributed by atoms with van der Waals surface area (Å²) >= 11 is 8.38. The van der Waals surface area contributed by atoms with E-state index in [0.29, 0.717) is 17.6 Å². The first kappa shape index (κ1) is 8.93. The van der Waals surface area contributed by atoms with Crippen molar-refractivity contribution in [2.75, 3.05) is 0 Å². The topological polar surface area (TPSA) is 35.0 Å². The maximum atomic E-state index is 5.70. The van der Waals surface area contributed by atoms with Crippen molar-refractivity contribution in [1.82, 2.24) is 8.75 Å². The fourth-order valence-electron chi connectivity index (χ4n) is 0.790. The van der Waals surface area contributed by atoms with Crippen molar-refractivity contribution in [2.45, 2.75) is 6.61 Å². The average molecular weight is 233 g/mol. The molecule has 2 aromatic heterocycles. The molecule has 2 heterocycles. The van der Waals surface area contributed by atoms with Gasteiger partial charge in [0.05, 0.1) is 11.7 Å². The van der Waals surface area contributed by atoms with Crippen LogP contribution in [0.1, 0.15) is 4.88 Å². The van der Waals surface area contributed by atoms with Crippen LogP contribution in [0.25, 0.3) is 0 Å². The van der Waals surface area contributed by atoms with Crippen LogP contribution in [0.4, 0.5) is 0 Å². The van der Waals surface area contributed by atoms with Crippen molar-refractivity contribution in [3.8, 4) is 5.88 Å². The Morgan fingerprint density at radius 3 is 3.00 bits per heavy atom. The molecule has 0 amide bonds. The van der Waals surface area contributed by atoms with E-state index >= 15 is 0 Å². The number of aromatic nitrogens is 2. The summed E-state index contributed by atoms with van der Waals surface area (Å²) in [6.07, 6.45) is 0. The number of halogens is 1. The lowest BCUT2D eigenvalue weighted by atomic mass is 10.5. The molecule has 13 heavy (non-hydrogen) atoms. The molecular formula is C7H5ClN2OS2. The van der Waals surface area contributed by atoms with Crippen molar-refractivity contribution in [3.05, 3.63) is 27.5 Å². The van der Waals surface area contributed by atoms with E-state index in [1.165, 1.54) is 0 Å². The van der Waals surface area contributed by atoms with E-state index in [1.807, 2.05) is 17.5 Å². The quantitative estimate of drug-likeness (QED) is 0.816. The first-order valence-electron chi connectivity index (χ1n) is 3.49. The van der Waals surface area contributed by atoms with Gasteiger partial charge in [-0.1, -0.05) is 17.7 Å². The fraction of sp³-hybridized carbons (Fsp3) is 0.143. The average Bonchev–Trinajstić information content (AvgIpc) is 2.72. The maximum absolute atomic E-state index is 5.70. The predicted molar refractivity (Wildman–Crippen MR) is 53.6 cm³/mol. The summed E-state index contributed by atoms with van der Waals surface area (Å²) in [5.41, 5.74) is 0. The standard InChI is InChI=1S/C7H5ClN2OS2/c8-6-7(10-13-9-6)11-4-5-2-1-3-12-5/h1-3H,4H2. The van der Waals surface area contributed by atoms with E-state index in [4.69, 9.17) is 16.3 Å². The van der Waals surface area contributed by atoms with Crippen molar-refractivity contribution >= 4 is 34.7 Å². The van der Waals surface area contributed by atoms with Gasteiger partial charge in [-0.2, -0.15) is 4.37 Å². The molecule has 0 radical (unpaired) electrons. The van der Waals surface area contributed by atoms with Gasteiger partial charge in [-0.3, -0.25) is 0 Å². The monoisotopic (exact) mass is 232 g/mol. The molecule has 2 aromatic rings. The smallest absolute Gasteiger partial charge is 0.265 e. The van der Waals surface area contributed by atoms with E-state index in [2.05, 4.69) is 8.75 Å². The van der Waals surface area contributed by atoms with Crippen LogP contribution in [0.5, 0.6) is 5.88 Å². The zero-order chi connectivity index (χ0) is 9.10. The van der Waals surface area contributed by atoms with Gasteiger partial charge in [0.25, 0.3) is 5.88 Å². The summed E-state index contributed by atoms with van der Waals surface area (Å²) in [6.45, 7) is 0.503. The summed E-state index contributed by atoms with van der Waals surface area (Å²) < 4.78 is 13.0. The molecule has 0 aliphatic heterocycles. The van der Waals surface area contributed by atoms with Crippen LogP contribution in [0.15, 0.2) is 17.5 Å². The molecule has 6 heteroatoms. The lowest BCUT2D eigenvalue weighted by molar-refractivity contribution is 0.300. The van der Waals surface area contributed by atoms with Gasteiger partial charge in [-0.25, -0.2) is 0 Å². The highest BCUT2D eigenvalue weighted by Crippen LogP contribution is 2.22. The van der Waals surface area contributed by atoms with E-state index in [1.54, 1.807) is 11.3 Å². The molecular weight excluding hydrogens is 228 g/mol. The van der Waals surface area contributed by atoms with Crippen LogP contribution >= 0.6 is 34.7 Å². The van der Waals surface area contributed by atoms with Gasteiger partial charge in [0.2, 0.25) is 5.15 Å². The largest absolute Gasteiger partial charge is 0.469 e. The molecule has 0 N–H and O–H groups in total. The van der Waals surface area contributed by atoms with Crippen molar-refractivity contribution < 1.29 is 4.74 Å². The highest BCUT2D eigenvalue weighted by molar-refractivity contribution is 7.09. The van der Waals surface area contributed by atoms with Crippen molar-refractivity contribution in [3.63, 3.8) is 0 Å². The van der Waals surface area contributed by atoms with Gasteiger partial charge >= 0.3 is 0 Å². The Hall–Kier alpha value is -0.650. The maximum Gasteiger partial charge on any atom is 0.265 e. The third-order valence-corrected chi connectivity index (χ3v) is 3.06. The lowest BCUT2D eigenvalue weighted by Gasteiger charge is -1.98. The summed E-state index contributed by atoms with van der Waals surface area (Å²) in [5, 5.41) is 2.33. The molecule has 0 saturated carbocycles. The first-order valence-corrected chi connectivity index (χ1v) is 5.48. The Labute approximate surface area is 88.3 Å². The second-order valence-electron chi connectivity index (χ2n) is 2.23. The number of hydrogen-bond acceptors (Lipinski definition) is 5. The second kappa shape index (κ2) is 4.04. The molecule has 0 atom stereocenters. The van der Waals surface area contributed by atoms with Gasteiger partial charge in [0.15, 0.2) is 0 Å². The van der Waals surface area contributed by atoms with Crippen LogP contribution in [-0.2, 0) is 6.61 Å². The molecule has 0 spiro atoms. The molecule has 0 unspecified atom stereocenters. The highest BCUT2D eigenvalue weighted by Gasteiger charge is 2.06. The summed E-state index contributed by atoms with van der Waals surface area (Å²) in [5.74, 6) is 0.417. The molecule has 68 valence electrons. The number of ether oxygens (including phenoxy) is 1. The van der Waals surface area contributed by atoms with E-state index in [0.717, 1.165) is 16.6 Å². The fourth-order valence-corrected chi connectivity index (χ4v) is 2.05. The van der Waals surface area contributed by atoms with Gasteiger partial charge in [0.1, 0.15) is 6.61 Å². The third kappa shape index (κ3) is 2.18. The normalized spacial score (nSPS) is 10.2. The Bertz CT molecular complexity index is 374. The zero-order valence-corrected chi connectivity index (χ0v) is 8.83. The van der Waals surface area contributed by atoms with Crippen LogP contribution in [0, 0.1) is 0 Å². The number of rotatable bonds is 3. The van der Waals surface area contributed by atoms with Crippen molar-refractivity contribution in [1.29, 1.82) is 0 Å². The van der Waals surface area contributed by atoms with Crippen LogP contribution in [0.2, 0.25) is 5.15 Å². The van der Waals surface area contributed by atoms with E-state index in [9.17, 15) is 0 Å². The Morgan fingerprint density at radius 2 is 2.38 bits per heavy atom. The van der Waals surface area contributed by atoms with E-state index in [-0.39, 0.29) is 0 Å². The van der Waals surface area contributed by atoms with Crippen LogP contribution in [0.3, 0.4) is 0 Å². The Kier molecular flexibility index (Phi) is 2.77. The van der Waals surface area contributed by atoms with Crippen LogP contribution < -0.4 is 4.74 Å². The number of hydrogen-bond donors (Lipinski definition) is 0. The first-order chi connectivity index (χ1) is 6.36. The molecule has 2 rings (SSSR count). The minimum Gasteiger partial charge on any atom is -0.469 e. The third-order valence-electron chi connectivity index (χ3n) is 1.35. The van der Waals surface area contributed by atoms with Gasteiger partial charge in [-0.15, -0.1) is 15.7 Å². The minimum atomic E-state index is 0.335. The van der Waals surface area contributed by atoms with Gasteiger partial charge in [-0.05, 0) is 11.4 Å². The molecule has 0 saturated heterocycles. The predicted octanol–water partition coefficient (Wildman–Crippen LogP) is 2.83. The molecule has 3 nitrogen and oxygen atoms in total. The minimum absolute atomic E-state index is 0.335. The molecule has 0 fully saturated rings. The summed E-state index contributed by atoms with van der Waals surface area (Å²) in [7, 11) is 0. The zero-order valence-electron chi connectivity index (χ0n) is 6.44. The number of nitrogens with zero attached hydrogens (tertiary/aromatic N) is 2. The number of thiophene rings is 1. The van der Waals surface area contributed by atoms with Crippen molar-refractivity contribution in [2.24, 2.45) is 0 Å². The Morgan fingerprint density at radius 1 is 1.46 bits per heavy atom. The van der Waals surface area contributed by atoms with Gasteiger partial charge in [0, 0.05) is 4.88 Å². The summed E-state index contributed by atoms with van der Waals surface area (Å²) in [4.78, 5) is 1.14. The summed E-state index contributed by atoms with van der Waals surface area (Å²) in [6, 6.07) is 3.97. The lowest BCUT2D eigenvalue weighted by Crippen LogP contribution is -1.92. The Balaban J connectivity index is 1.97. The van der Waals surface area contributed by atoms with Gasteiger partial charge < -0.3 is 4.74 Å². The molecule has 0 aromatic carbocycles. The highest BCUT2D eigenvalue weighted by atomic mass is 35.5. The van der Waals surface area contributed by atoms with E-state index < -0.39 is 0 Å². The molecule has 0 bridgehead atoms. The molecule has 0 aliphatic rings. The molecule has 0 aliphatic carbocycles. The SMILES string of the molecule is Clc1nsnc1OCc1cccs1. The van der Waals surface area contributed by atoms with Crippen LogP contribution in [-0.4, -0.2) is 8.75 Å².